The van der Waals surface area contributed by atoms with Crippen LogP contribution in [-0.2, 0) is 11.3 Å². The first-order valence-electron chi connectivity index (χ1n) is 7.17. The first-order chi connectivity index (χ1) is 10.3. The lowest BCUT2D eigenvalue weighted by Gasteiger charge is -2.22. The number of nitrogens with one attached hydrogen (secondary N) is 1. The standard InChI is InChI=1S/C16H23N3O2/c1-17-16-14(12-19(7-9-20)8-10-21-2)11-13-5-3-4-6-15(13)18-16/h3-6,11,20H,7-10,12H2,1-2H3,(H,17,18). The van der Waals surface area contributed by atoms with Gasteiger partial charge in [0.2, 0.25) is 0 Å². The number of pyridine rings is 1. The number of aliphatic hydroxyl groups is 1. The summed E-state index contributed by atoms with van der Waals surface area (Å²) >= 11 is 0. The first kappa shape index (κ1) is 15.7. The van der Waals surface area contributed by atoms with Crippen LogP contribution in [0.5, 0.6) is 0 Å². The highest BCUT2D eigenvalue weighted by Gasteiger charge is 2.11. The number of benzene rings is 1. The van der Waals surface area contributed by atoms with Crippen LogP contribution in [0, 0.1) is 0 Å². The van der Waals surface area contributed by atoms with Gasteiger partial charge in [0.1, 0.15) is 5.82 Å². The van der Waals surface area contributed by atoms with Crippen LogP contribution in [0.25, 0.3) is 10.9 Å². The lowest BCUT2D eigenvalue weighted by molar-refractivity contribution is 0.127. The third kappa shape index (κ3) is 4.14. The fraction of sp³-hybridized carbons (Fsp3) is 0.438. The van der Waals surface area contributed by atoms with E-state index in [0.29, 0.717) is 13.2 Å². The third-order valence-electron chi connectivity index (χ3n) is 3.46. The van der Waals surface area contributed by atoms with E-state index in [9.17, 15) is 5.11 Å². The van der Waals surface area contributed by atoms with Gasteiger partial charge in [-0.2, -0.15) is 0 Å². The highest BCUT2D eigenvalue weighted by Crippen LogP contribution is 2.21. The molecule has 0 fully saturated rings. The second-order valence-corrected chi connectivity index (χ2v) is 4.93. The average molecular weight is 289 g/mol. The van der Waals surface area contributed by atoms with Gasteiger partial charge in [-0.3, -0.25) is 4.90 Å². The topological polar surface area (TPSA) is 57.6 Å². The number of para-hydroxylation sites is 1. The van der Waals surface area contributed by atoms with Crippen LogP contribution in [-0.4, -0.2) is 55.5 Å². The van der Waals surface area contributed by atoms with Gasteiger partial charge in [0, 0.05) is 44.7 Å². The third-order valence-corrected chi connectivity index (χ3v) is 3.46. The molecule has 114 valence electrons. The number of hydrogen-bond donors (Lipinski definition) is 2. The molecule has 0 aliphatic heterocycles. The van der Waals surface area contributed by atoms with E-state index < -0.39 is 0 Å². The van der Waals surface area contributed by atoms with Crippen LogP contribution in [0.1, 0.15) is 5.56 Å². The van der Waals surface area contributed by atoms with Crippen molar-refractivity contribution in [2.24, 2.45) is 0 Å². The fourth-order valence-corrected chi connectivity index (χ4v) is 2.37. The molecule has 21 heavy (non-hydrogen) atoms. The number of fused-ring (bicyclic) bond motifs is 1. The van der Waals surface area contributed by atoms with E-state index in [0.717, 1.165) is 35.4 Å². The minimum atomic E-state index is 0.139. The summed E-state index contributed by atoms with van der Waals surface area (Å²) < 4.78 is 5.13. The van der Waals surface area contributed by atoms with Crippen LogP contribution in [0.15, 0.2) is 30.3 Å². The Morgan fingerprint density at radius 2 is 2.10 bits per heavy atom. The minimum Gasteiger partial charge on any atom is -0.395 e. The van der Waals surface area contributed by atoms with Crippen molar-refractivity contribution in [2.75, 3.05) is 45.8 Å². The Morgan fingerprint density at radius 1 is 1.29 bits per heavy atom. The number of aromatic nitrogens is 1. The van der Waals surface area contributed by atoms with Crippen molar-refractivity contribution in [1.82, 2.24) is 9.88 Å². The maximum Gasteiger partial charge on any atom is 0.130 e. The second-order valence-electron chi connectivity index (χ2n) is 4.93. The molecule has 5 nitrogen and oxygen atoms in total. The number of rotatable bonds is 8. The van der Waals surface area contributed by atoms with Gasteiger partial charge in [0.25, 0.3) is 0 Å². The molecule has 0 atom stereocenters. The largest absolute Gasteiger partial charge is 0.395 e. The maximum atomic E-state index is 9.20. The molecule has 5 heteroatoms. The number of methoxy groups -OCH3 is 1. The molecule has 0 aliphatic carbocycles. The predicted octanol–water partition coefficient (Wildman–Crippen LogP) is 1.72. The normalized spacial score (nSPS) is 11.2. The number of hydrogen-bond acceptors (Lipinski definition) is 5. The molecule has 0 saturated carbocycles. The SMILES string of the molecule is CNc1nc2ccccc2cc1CN(CCO)CCOC. The molecule has 1 aromatic heterocycles. The number of ether oxygens (including phenoxy) is 1. The van der Waals surface area contributed by atoms with Crippen molar-refractivity contribution in [1.29, 1.82) is 0 Å². The van der Waals surface area contributed by atoms with Gasteiger partial charge in [0.15, 0.2) is 0 Å². The summed E-state index contributed by atoms with van der Waals surface area (Å²) in [5.74, 6) is 0.883. The molecule has 0 unspecified atom stereocenters. The van der Waals surface area contributed by atoms with Crippen molar-refractivity contribution in [3.8, 4) is 0 Å². The number of aliphatic hydroxyl groups excluding tert-OH is 1. The Hall–Kier alpha value is -1.69. The van der Waals surface area contributed by atoms with E-state index in [1.807, 2.05) is 25.2 Å². The van der Waals surface area contributed by atoms with Crippen molar-refractivity contribution < 1.29 is 9.84 Å². The van der Waals surface area contributed by atoms with Crippen molar-refractivity contribution in [3.05, 3.63) is 35.9 Å². The molecule has 1 aromatic carbocycles. The van der Waals surface area contributed by atoms with Crippen molar-refractivity contribution in [3.63, 3.8) is 0 Å². The van der Waals surface area contributed by atoms with Gasteiger partial charge in [-0.25, -0.2) is 4.98 Å². The highest BCUT2D eigenvalue weighted by atomic mass is 16.5. The summed E-state index contributed by atoms with van der Waals surface area (Å²) in [7, 11) is 3.57. The Kier molecular flexibility index (Phi) is 5.92. The van der Waals surface area contributed by atoms with Crippen LogP contribution in [0.4, 0.5) is 5.82 Å². The molecule has 1 heterocycles. The monoisotopic (exact) mass is 289 g/mol. The molecule has 0 spiro atoms. The second kappa shape index (κ2) is 7.93. The molecule has 2 rings (SSSR count). The molecule has 0 amide bonds. The van der Waals surface area contributed by atoms with E-state index >= 15 is 0 Å². The van der Waals surface area contributed by atoms with Crippen molar-refractivity contribution >= 4 is 16.7 Å². The summed E-state index contributed by atoms with van der Waals surface area (Å²) in [5.41, 5.74) is 2.11. The van der Waals surface area contributed by atoms with Crippen LogP contribution in [0.2, 0.25) is 0 Å². The van der Waals surface area contributed by atoms with Gasteiger partial charge in [-0.05, 0) is 12.1 Å². The lowest BCUT2D eigenvalue weighted by atomic mass is 10.1. The van der Waals surface area contributed by atoms with Crippen LogP contribution >= 0.6 is 0 Å². The Balaban J connectivity index is 2.25. The summed E-state index contributed by atoms with van der Waals surface area (Å²) in [6.07, 6.45) is 0. The van der Waals surface area contributed by atoms with E-state index in [1.165, 1.54) is 0 Å². The fourth-order valence-electron chi connectivity index (χ4n) is 2.37. The Labute approximate surface area is 125 Å². The van der Waals surface area contributed by atoms with Gasteiger partial charge in [0.05, 0.1) is 18.7 Å². The summed E-state index contributed by atoms with van der Waals surface area (Å²) in [6, 6.07) is 10.2. The summed E-state index contributed by atoms with van der Waals surface area (Å²) in [4.78, 5) is 6.82. The molecular weight excluding hydrogens is 266 g/mol. The van der Waals surface area contributed by atoms with E-state index in [4.69, 9.17) is 4.74 Å². The minimum absolute atomic E-state index is 0.139. The zero-order valence-electron chi connectivity index (χ0n) is 12.7. The van der Waals surface area contributed by atoms with Crippen molar-refractivity contribution in [2.45, 2.75) is 6.54 Å². The molecule has 0 saturated heterocycles. The zero-order chi connectivity index (χ0) is 15.1. The highest BCUT2D eigenvalue weighted by molar-refractivity contribution is 5.81. The van der Waals surface area contributed by atoms with Gasteiger partial charge in [-0.15, -0.1) is 0 Å². The summed E-state index contributed by atoms with van der Waals surface area (Å²) in [5, 5.41) is 13.5. The van der Waals surface area contributed by atoms with Gasteiger partial charge < -0.3 is 15.2 Å². The van der Waals surface area contributed by atoms with E-state index in [2.05, 4.69) is 27.3 Å². The van der Waals surface area contributed by atoms with E-state index in [1.54, 1.807) is 7.11 Å². The zero-order valence-corrected chi connectivity index (χ0v) is 12.7. The molecule has 2 N–H and O–H groups in total. The van der Waals surface area contributed by atoms with Crippen LogP contribution < -0.4 is 5.32 Å². The molecular formula is C16H23N3O2. The molecule has 0 bridgehead atoms. The van der Waals surface area contributed by atoms with Gasteiger partial charge >= 0.3 is 0 Å². The first-order valence-corrected chi connectivity index (χ1v) is 7.17. The molecule has 2 aromatic rings. The quantitative estimate of drug-likeness (QED) is 0.775. The molecule has 0 aliphatic rings. The molecule has 0 radical (unpaired) electrons. The smallest absolute Gasteiger partial charge is 0.130 e. The maximum absolute atomic E-state index is 9.20. The average Bonchev–Trinajstić information content (AvgIpc) is 2.52. The Morgan fingerprint density at radius 3 is 2.81 bits per heavy atom. The number of anilines is 1. The van der Waals surface area contributed by atoms with E-state index in [-0.39, 0.29) is 6.61 Å². The van der Waals surface area contributed by atoms with Crippen LogP contribution in [0.3, 0.4) is 0 Å². The lowest BCUT2D eigenvalue weighted by Crippen LogP contribution is -2.30. The number of nitrogens with zero attached hydrogens (tertiary/aromatic N) is 2. The summed E-state index contributed by atoms with van der Waals surface area (Å²) in [6.45, 7) is 2.93. The Bertz CT molecular complexity index is 574. The predicted molar refractivity (Wildman–Crippen MR) is 85.5 cm³/mol. The van der Waals surface area contributed by atoms with Gasteiger partial charge in [-0.1, -0.05) is 18.2 Å².